The van der Waals surface area contributed by atoms with Crippen molar-refractivity contribution in [2.24, 2.45) is 0 Å². The fourth-order valence-electron chi connectivity index (χ4n) is 3.60. The average molecular weight is 390 g/mol. The average Bonchev–Trinajstić information content (AvgIpc) is 2.88. The van der Waals surface area contributed by atoms with Gasteiger partial charge in [-0.3, -0.25) is 4.90 Å². The molecule has 154 valence electrons. The lowest BCUT2D eigenvalue weighted by molar-refractivity contribution is -0.0781. The summed E-state index contributed by atoms with van der Waals surface area (Å²) in [6.07, 6.45) is 0.800. The number of morpholine rings is 1. The molecule has 1 aromatic rings. The summed E-state index contributed by atoms with van der Waals surface area (Å²) in [5, 5.41) is 0. The van der Waals surface area contributed by atoms with Gasteiger partial charge in [-0.15, -0.1) is 0 Å². The Kier molecular flexibility index (Phi) is 6.44. The van der Waals surface area contributed by atoms with Gasteiger partial charge in [0.1, 0.15) is 12.2 Å². The lowest BCUT2D eigenvalue weighted by atomic mass is 10.0. The molecular formula is C21H30N2O5. The molecule has 2 fully saturated rings. The second-order valence-electron chi connectivity index (χ2n) is 8.28. The Balaban J connectivity index is 1.65. The van der Waals surface area contributed by atoms with Gasteiger partial charge in [-0.2, -0.15) is 0 Å². The van der Waals surface area contributed by atoms with E-state index in [-0.39, 0.29) is 30.9 Å². The molecule has 2 saturated heterocycles. The van der Waals surface area contributed by atoms with E-state index in [9.17, 15) is 9.59 Å². The van der Waals surface area contributed by atoms with Crippen LogP contribution in [0.4, 0.5) is 9.59 Å². The number of likely N-dealkylation sites (tertiary alicyclic amines) is 1. The van der Waals surface area contributed by atoms with Crippen molar-refractivity contribution in [2.75, 3.05) is 26.2 Å². The lowest BCUT2D eigenvalue weighted by Gasteiger charge is -2.41. The fraction of sp³-hybridized carbons (Fsp3) is 0.619. The van der Waals surface area contributed by atoms with E-state index in [1.165, 1.54) is 0 Å². The second kappa shape index (κ2) is 8.82. The molecule has 0 radical (unpaired) electrons. The summed E-state index contributed by atoms with van der Waals surface area (Å²) in [7, 11) is 0. The third-order valence-electron chi connectivity index (χ3n) is 4.91. The van der Waals surface area contributed by atoms with Gasteiger partial charge in [-0.1, -0.05) is 30.3 Å². The van der Waals surface area contributed by atoms with Crippen LogP contribution in [-0.4, -0.2) is 66.0 Å². The number of ether oxygens (including phenoxy) is 3. The minimum absolute atomic E-state index is 0.0896. The van der Waals surface area contributed by atoms with Crippen LogP contribution in [0.15, 0.2) is 30.3 Å². The molecule has 0 aliphatic carbocycles. The number of carbonyl (C=O) groups excluding carboxylic acids is 2. The van der Waals surface area contributed by atoms with Crippen LogP contribution in [0.25, 0.3) is 0 Å². The van der Waals surface area contributed by atoms with Gasteiger partial charge in [-0.25, -0.2) is 9.59 Å². The number of benzene rings is 1. The Hall–Kier alpha value is -2.28. The van der Waals surface area contributed by atoms with Gasteiger partial charge in [0.15, 0.2) is 0 Å². The number of hydrogen-bond acceptors (Lipinski definition) is 5. The molecule has 0 aromatic heterocycles. The summed E-state index contributed by atoms with van der Waals surface area (Å²) >= 11 is 0. The minimum atomic E-state index is -0.566. The van der Waals surface area contributed by atoms with Gasteiger partial charge in [0.05, 0.1) is 18.8 Å². The number of amides is 2. The molecular weight excluding hydrogens is 360 g/mol. The van der Waals surface area contributed by atoms with Crippen LogP contribution in [0.2, 0.25) is 0 Å². The van der Waals surface area contributed by atoms with Crippen LogP contribution >= 0.6 is 0 Å². The van der Waals surface area contributed by atoms with Crippen molar-refractivity contribution in [3.8, 4) is 0 Å². The van der Waals surface area contributed by atoms with Crippen molar-refractivity contribution >= 4 is 12.2 Å². The molecule has 2 amide bonds. The van der Waals surface area contributed by atoms with Gasteiger partial charge in [0.25, 0.3) is 0 Å². The van der Waals surface area contributed by atoms with Gasteiger partial charge in [0.2, 0.25) is 0 Å². The van der Waals surface area contributed by atoms with E-state index in [1.54, 1.807) is 9.80 Å². The van der Waals surface area contributed by atoms with Crippen LogP contribution in [0.5, 0.6) is 0 Å². The topological polar surface area (TPSA) is 68.3 Å². The fourth-order valence-corrected chi connectivity index (χ4v) is 3.60. The number of hydrogen-bond donors (Lipinski definition) is 0. The molecule has 28 heavy (non-hydrogen) atoms. The van der Waals surface area contributed by atoms with E-state index in [0.29, 0.717) is 26.2 Å². The molecule has 0 unspecified atom stereocenters. The maximum Gasteiger partial charge on any atom is 0.410 e. The maximum absolute atomic E-state index is 12.7. The molecule has 2 aliphatic rings. The van der Waals surface area contributed by atoms with Crippen LogP contribution in [0.1, 0.15) is 39.2 Å². The Labute approximate surface area is 166 Å². The number of rotatable bonds is 2. The predicted molar refractivity (Wildman–Crippen MR) is 104 cm³/mol. The number of carbonyl (C=O) groups is 2. The zero-order chi connectivity index (χ0) is 20.1. The molecule has 2 heterocycles. The lowest BCUT2D eigenvalue weighted by Crippen LogP contribution is -2.58. The maximum atomic E-state index is 12.7. The second-order valence-corrected chi connectivity index (χ2v) is 8.28. The van der Waals surface area contributed by atoms with Crippen molar-refractivity contribution in [3.63, 3.8) is 0 Å². The largest absolute Gasteiger partial charge is 0.445 e. The van der Waals surface area contributed by atoms with Crippen molar-refractivity contribution in [3.05, 3.63) is 35.9 Å². The highest BCUT2D eigenvalue weighted by Gasteiger charge is 2.40. The van der Waals surface area contributed by atoms with Crippen LogP contribution < -0.4 is 0 Å². The Morgan fingerprint density at radius 3 is 2.61 bits per heavy atom. The van der Waals surface area contributed by atoms with Crippen LogP contribution in [0, 0.1) is 0 Å². The SMILES string of the molecule is CC(C)(C)OC(=O)N1CCO[C@@H]2CCCN(C(=O)OCc3ccccc3)C[C@H]21. The van der Waals surface area contributed by atoms with E-state index < -0.39 is 5.60 Å². The highest BCUT2D eigenvalue weighted by Crippen LogP contribution is 2.25. The monoisotopic (exact) mass is 390 g/mol. The van der Waals surface area contributed by atoms with E-state index in [2.05, 4.69) is 0 Å². The zero-order valence-electron chi connectivity index (χ0n) is 16.9. The van der Waals surface area contributed by atoms with Crippen LogP contribution in [0.3, 0.4) is 0 Å². The van der Waals surface area contributed by atoms with E-state index in [1.807, 2.05) is 51.1 Å². The molecule has 3 rings (SSSR count). The molecule has 1 aromatic carbocycles. The molecule has 0 spiro atoms. The van der Waals surface area contributed by atoms with Crippen molar-refractivity contribution < 1.29 is 23.8 Å². The predicted octanol–water partition coefficient (Wildman–Crippen LogP) is 3.42. The first-order chi connectivity index (χ1) is 13.3. The van der Waals surface area contributed by atoms with Crippen molar-refractivity contribution in [1.29, 1.82) is 0 Å². The Bertz CT molecular complexity index is 673. The van der Waals surface area contributed by atoms with Gasteiger partial charge >= 0.3 is 12.2 Å². The van der Waals surface area contributed by atoms with E-state index in [4.69, 9.17) is 14.2 Å². The first-order valence-electron chi connectivity index (χ1n) is 9.90. The van der Waals surface area contributed by atoms with E-state index in [0.717, 1.165) is 18.4 Å². The summed E-state index contributed by atoms with van der Waals surface area (Å²) in [4.78, 5) is 28.7. The highest BCUT2D eigenvalue weighted by atomic mass is 16.6. The minimum Gasteiger partial charge on any atom is -0.445 e. The molecule has 7 nitrogen and oxygen atoms in total. The number of nitrogens with zero attached hydrogens (tertiary/aromatic N) is 2. The van der Waals surface area contributed by atoms with Gasteiger partial charge in [-0.05, 0) is 39.2 Å². The van der Waals surface area contributed by atoms with Gasteiger partial charge < -0.3 is 19.1 Å². The molecule has 0 saturated carbocycles. The molecule has 2 atom stereocenters. The summed E-state index contributed by atoms with van der Waals surface area (Å²) in [6.45, 7) is 7.71. The quantitative estimate of drug-likeness (QED) is 0.774. The molecule has 2 aliphatic heterocycles. The Morgan fingerprint density at radius 1 is 1.14 bits per heavy atom. The zero-order valence-corrected chi connectivity index (χ0v) is 16.9. The summed E-state index contributed by atoms with van der Waals surface area (Å²) < 4.78 is 17.0. The van der Waals surface area contributed by atoms with Crippen molar-refractivity contribution in [2.45, 2.75) is 58.0 Å². The standard InChI is InChI=1S/C21H30N2O5/c1-21(2,3)28-20(25)23-12-13-26-18-10-7-11-22(14-17(18)23)19(24)27-15-16-8-5-4-6-9-16/h4-6,8-9,17-18H,7,10-15H2,1-3H3/t17-,18-/m1/s1. The molecule has 0 bridgehead atoms. The number of fused-ring (bicyclic) bond motifs is 1. The normalized spacial score (nSPS) is 22.8. The highest BCUT2D eigenvalue weighted by molar-refractivity contribution is 5.70. The van der Waals surface area contributed by atoms with E-state index >= 15 is 0 Å². The van der Waals surface area contributed by atoms with Crippen LogP contribution in [-0.2, 0) is 20.8 Å². The first kappa shape index (κ1) is 20.5. The Morgan fingerprint density at radius 2 is 1.89 bits per heavy atom. The summed E-state index contributed by atoms with van der Waals surface area (Å²) in [5.74, 6) is 0. The third-order valence-corrected chi connectivity index (χ3v) is 4.91. The summed E-state index contributed by atoms with van der Waals surface area (Å²) in [6, 6.07) is 9.37. The third kappa shape index (κ3) is 5.38. The van der Waals surface area contributed by atoms with Gasteiger partial charge in [0, 0.05) is 19.6 Å². The van der Waals surface area contributed by atoms with Crippen molar-refractivity contribution in [1.82, 2.24) is 9.80 Å². The smallest absolute Gasteiger partial charge is 0.410 e. The molecule has 0 N–H and O–H groups in total. The first-order valence-corrected chi connectivity index (χ1v) is 9.90. The summed E-state index contributed by atoms with van der Waals surface area (Å²) in [5.41, 5.74) is 0.379. The molecule has 7 heteroatoms.